The first-order chi connectivity index (χ1) is 10.9. The zero-order chi connectivity index (χ0) is 16.6. The SMILES string of the molecule is Cc1nn(C)c(C)c1CC(=O)N1CCC2(CC1)OCCC[C@@H]2O. The van der Waals surface area contributed by atoms with Gasteiger partial charge in [0.1, 0.15) is 0 Å². The van der Waals surface area contributed by atoms with E-state index in [0.29, 0.717) is 19.5 Å². The Labute approximate surface area is 137 Å². The molecule has 0 bridgehead atoms. The molecule has 0 unspecified atom stereocenters. The monoisotopic (exact) mass is 321 g/mol. The van der Waals surface area contributed by atoms with Crippen LogP contribution in [0.15, 0.2) is 0 Å². The van der Waals surface area contributed by atoms with Crippen LogP contribution in [0.5, 0.6) is 0 Å². The van der Waals surface area contributed by atoms with Crippen LogP contribution in [0, 0.1) is 13.8 Å². The Morgan fingerprint density at radius 2 is 2.09 bits per heavy atom. The second kappa shape index (κ2) is 6.24. The van der Waals surface area contributed by atoms with Crippen molar-refractivity contribution in [2.75, 3.05) is 19.7 Å². The predicted octanol–water partition coefficient (Wildman–Crippen LogP) is 1.11. The Balaban J connectivity index is 1.62. The number of hydrogen-bond donors (Lipinski definition) is 1. The van der Waals surface area contributed by atoms with Crippen LogP contribution in [-0.2, 0) is 23.0 Å². The van der Waals surface area contributed by atoms with Crippen LogP contribution in [0.2, 0.25) is 0 Å². The number of carbonyl (C=O) groups excluding carboxylic acids is 1. The highest BCUT2D eigenvalue weighted by atomic mass is 16.5. The molecule has 0 saturated carbocycles. The fraction of sp³-hybridized carbons (Fsp3) is 0.765. The van der Waals surface area contributed by atoms with Gasteiger partial charge in [0.05, 0.1) is 23.8 Å². The van der Waals surface area contributed by atoms with Crippen LogP contribution < -0.4 is 0 Å². The number of aliphatic hydroxyl groups is 1. The van der Waals surface area contributed by atoms with Gasteiger partial charge in [-0.2, -0.15) is 5.10 Å². The number of piperidine rings is 1. The van der Waals surface area contributed by atoms with Gasteiger partial charge in [-0.25, -0.2) is 0 Å². The molecule has 3 heterocycles. The van der Waals surface area contributed by atoms with Crippen LogP contribution in [-0.4, -0.2) is 57.1 Å². The zero-order valence-electron chi connectivity index (χ0n) is 14.3. The summed E-state index contributed by atoms with van der Waals surface area (Å²) in [6, 6.07) is 0. The Morgan fingerprint density at radius 3 is 2.65 bits per heavy atom. The first-order valence-electron chi connectivity index (χ1n) is 8.52. The lowest BCUT2D eigenvalue weighted by Gasteiger charge is -2.46. The Kier molecular flexibility index (Phi) is 4.47. The predicted molar refractivity (Wildman–Crippen MR) is 86.1 cm³/mol. The van der Waals surface area contributed by atoms with Gasteiger partial charge in [-0.1, -0.05) is 0 Å². The summed E-state index contributed by atoms with van der Waals surface area (Å²) in [6.45, 7) is 5.99. The molecule has 1 N–H and O–H groups in total. The van der Waals surface area contributed by atoms with Gasteiger partial charge in [-0.05, 0) is 39.5 Å². The second-order valence-corrected chi connectivity index (χ2v) is 6.90. The third-order valence-electron chi connectivity index (χ3n) is 5.57. The maximum absolute atomic E-state index is 12.6. The lowest BCUT2D eigenvalue weighted by atomic mass is 9.82. The third kappa shape index (κ3) is 3.02. The van der Waals surface area contributed by atoms with Crippen molar-refractivity contribution < 1.29 is 14.6 Å². The van der Waals surface area contributed by atoms with E-state index in [2.05, 4.69) is 5.10 Å². The molecule has 1 aromatic heterocycles. The van der Waals surface area contributed by atoms with Gasteiger partial charge in [-0.3, -0.25) is 9.48 Å². The van der Waals surface area contributed by atoms with Gasteiger partial charge in [0.25, 0.3) is 0 Å². The van der Waals surface area contributed by atoms with E-state index in [9.17, 15) is 9.90 Å². The topological polar surface area (TPSA) is 67.6 Å². The molecule has 1 atom stereocenters. The molecule has 23 heavy (non-hydrogen) atoms. The van der Waals surface area contributed by atoms with E-state index in [1.165, 1.54) is 0 Å². The van der Waals surface area contributed by atoms with E-state index in [1.807, 2.05) is 30.5 Å². The minimum atomic E-state index is -0.421. The van der Waals surface area contributed by atoms with E-state index in [-0.39, 0.29) is 5.91 Å². The molecule has 6 nitrogen and oxygen atoms in total. The summed E-state index contributed by atoms with van der Waals surface area (Å²) in [5, 5.41) is 14.7. The van der Waals surface area contributed by atoms with Gasteiger partial charge >= 0.3 is 0 Å². The number of amides is 1. The number of likely N-dealkylation sites (tertiary alicyclic amines) is 1. The largest absolute Gasteiger partial charge is 0.390 e. The Hall–Kier alpha value is -1.40. The number of hydrogen-bond acceptors (Lipinski definition) is 4. The molecule has 2 aliphatic heterocycles. The molecule has 1 aromatic rings. The van der Waals surface area contributed by atoms with E-state index in [4.69, 9.17) is 4.74 Å². The van der Waals surface area contributed by atoms with Crippen LogP contribution in [0.1, 0.15) is 42.6 Å². The molecule has 1 spiro atoms. The molecular weight excluding hydrogens is 294 g/mol. The molecule has 1 amide bonds. The van der Waals surface area contributed by atoms with E-state index < -0.39 is 11.7 Å². The number of nitrogens with zero attached hydrogens (tertiary/aromatic N) is 3. The maximum atomic E-state index is 12.6. The van der Waals surface area contributed by atoms with Crippen molar-refractivity contribution in [2.24, 2.45) is 7.05 Å². The van der Waals surface area contributed by atoms with Gasteiger partial charge in [0.15, 0.2) is 0 Å². The lowest BCUT2D eigenvalue weighted by Crippen LogP contribution is -2.56. The smallest absolute Gasteiger partial charge is 0.227 e. The van der Waals surface area contributed by atoms with E-state index in [0.717, 1.165) is 49.2 Å². The molecule has 0 radical (unpaired) electrons. The number of aromatic nitrogens is 2. The number of rotatable bonds is 2. The normalized spacial score (nSPS) is 24.2. The minimum Gasteiger partial charge on any atom is -0.390 e. The highest BCUT2D eigenvalue weighted by Crippen LogP contribution is 2.35. The van der Waals surface area contributed by atoms with Gasteiger partial charge in [-0.15, -0.1) is 0 Å². The number of carbonyl (C=O) groups is 1. The first kappa shape index (κ1) is 16.5. The van der Waals surface area contributed by atoms with Crippen LogP contribution in [0.3, 0.4) is 0 Å². The van der Waals surface area contributed by atoms with Crippen molar-refractivity contribution in [1.29, 1.82) is 0 Å². The summed E-state index contributed by atoms with van der Waals surface area (Å²) >= 11 is 0. The molecule has 128 valence electrons. The van der Waals surface area contributed by atoms with Crippen molar-refractivity contribution in [3.63, 3.8) is 0 Å². The van der Waals surface area contributed by atoms with Gasteiger partial charge in [0.2, 0.25) is 5.91 Å². The molecule has 2 fully saturated rings. The summed E-state index contributed by atoms with van der Waals surface area (Å²) in [6.07, 6.45) is 3.20. The van der Waals surface area contributed by atoms with Gasteiger partial charge < -0.3 is 14.7 Å². The van der Waals surface area contributed by atoms with E-state index in [1.54, 1.807) is 0 Å². The number of ether oxygens (including phenoxy) is 1. The summed E-state index contributed by atoms with van der Waals surface area (Å²) in [4.78, 5) is 14.5. The summed E-state index contributed by atoms with van der Waals surface area (Å²) < 4.78 is 7.73. The molecule has 2 aliphatic rings. The Morgan fingerprint density at radius 1 is 1.39 bits per heavy atom. The highest BCUT2D eigenvalue weighted by Gasteiger charge is 2.44. The van der Waals surface area contributed by atoms with Crippen molar-refractivity contribution in [1.82, 2.24) is 14.7 Å². The average Bonchev–Trinajstić information content (AvgIpc) is 2.77. The zero-order valence-corrected chi connectivity index (χ0v) is 14.3. The first-order valence-corrected chi connectivity index (χ1v) is 8.52. The molecule has 6 heteroatoms. The maximum Gasteiger partial charge on any atom is 0.227 e. The quantitative estimate of drug-likeness (QED) is 0.886. The van der Waals surface area contributed by atoms with Crippen molar-refractivity contribution in [3.8, 4) is 0 Å². The summed E-state index contributed by atoms with van der Waals surface area (Å²) in [5.41, 5.74) is 2.59. The molecule has 3 rings (SSSR count). The molecule has 0 aliphatic carbocycles. The third-order valence-corrected chi connectivity index (χ3v) is 5.57. The standard InChI is InChI=1S/C17H27N3O3/c1-12-14(13(2)19(3)18-12)11-16(22)20-8-6-17(7-9-20)15(21)5-4-10-23-17/h15,21H,4-11H2,1-3H3/t15-/m0/s1. The lowest BCUT2D eigenvalue weighted by molar-refractivity contribution is -0.179. The average molecular weight is 321 g/mol. The molecule has 0 aromatic carbocycles. The van der Waals surface area contributed by atoms with Crippen molar-refractivity contribution in [2.45, 2.75) is 57.7 Å². The van der Waals surface area contributed by atoms with Crippen LogP contribution in [0.4, 0.5) is 0 Å². The fourth-order valence-electron chi connectivity index (χ4n) is 3.86. The Bertz CT molecular complexity index is 588. The van der Waals surface area contributed by atoms with Crippen molar-refractivity contribution in [3.05, 3.63) is 17.0 Å². The fourth-order valence-corrected chi connectivity index (χ4v) is 3.86. The second-order valence-electron chi connectivity index (χ2n) is 6.90. The van der Waals surface area contributed by atoms with Crippen LogP contribution in [0.25, 0.3) is 0 Å². The van der Waals surface area contributed by atoms with E-state index >= 15 is 0 Å². The van der Waals surface area contributed by atoms with Gasteiger partial charge in [0, 0.05) is 38.0 Å². The number of aryl methyl sites for hydroxylation is 2. The highest BCUT2D eigenvalue weighted by molar-refractivity contribution is 5.79. The minimum absolute atomic E-state index is 0.143. The number of aliphatic hydroxyl groups excluding tert-OH is 1. The molecule has 2 saturated heterocycles. The van der Waals surface area contributed by atoms with Crippen molar-refractivity contribution >= 4 is 5.91 Å². The molecular formula is C17H27N3O3. The van der Waals surface area contributed by atoms with Crippen LogP contribution >= 0.6 is 0 Å². The summed E-state index contributed by atoms with van der Waals surface area (Å²) in [5.74, 6) is 0.143. The summed E-state index contributed by atoms with van der Waals surface area (Å²) in [7, 11) is 1.91.